The van der Waals surface area contributed by atoms with Crippen molar-refractivity contribution in [2.24, 2.45) is 5.92 Å². The van der Waals surface area contributed by atoms with Crippen molar-refractivity contribution in [1.29, 1.82) is 0 Å². The quantitative estimate of drug-likeness (QED) is 0.693. The molecule has 1 aromatic rings. The van der Waals surface area contributed by atoms with E-state index < -0.39 is 18.1 Å². The highest BCUT2D eigenvalue weighted by Gasteiger charge is 2.37. The fourth-order valence-corrected chi connectivity index (χ4v) is 1.74. The van der Waals surface area contributed by atoms with E-state index in [0.29, 0.717) is 6.54 Å². The Balaban J connectivity index is 1.80. The Morgan fingerprint density at radius 2 is 1.94 bits per heavy atom. The van der Waals surface area contributed by atoms with E-state index in [1.807, 2.05) is 30.3 Å². The summed E-state index contributed by atoms with van der Waals surface area (Å²) < 4.78 is 0. The second-order valence-electron chi connectivity index (χ2n) is 4.48. The lowest BCUT2D eigenvalue weighted by molar-refractivity contribution is -0.136. The number of nitrogens with one attached hydrogen (secondary N) is 1. The number of benzene rings is 1. The number of carbonyl (C=O) groups is 1. The molecular weight excluding hydrogens is 218 g/mol. The Bertz CT molecular complexity index is 376. The van der Waals surface area contributed by atoms with Crippen LogP contribution in [0.4, 0.5) is 0 Å². The first kappa shape index (κ1) is 12.1. The molecule has 92 valence electrons. The van der Waals surface area contributed by atoms with Gasteiger partial charge in [-0.25, -0.2) is 0 Å². The number of aliphatic hydroxyl groups is 2. The summed E-state index contributed by atoms with van der Waals surface area (Å²) in [5.74, 6) is -0.416. The summed E-state index contributed by atoms with van der Waals surface area (Å²) in [5.41, 5.74) is 0.967. The molecule has 0 bridgehead atoms. The fourth-order valence-electron chi connectivity index (χ4n) is 1.74. The minimum absolute atomic E-state index is 0.0903. The van der Waals surface area contributed by atoms with Crippen molar-refractivity contribution in [3.63, 3.8) is 0 Å². The van der Waals surface area contributed by atoms with E-state index in [1.54, 1.807) is 0 Å². The molecule has 0 spiro atoms. The lowest BCUT2D eigenvalue weighted by Gasteiger charge is -2.16. The summed E-state index contributed by atoms with van der Waals surface area (Å²) in [6, 6.07) is 9.46. The summed E-state index contributed by atoms with van der Waals surface area (Å²) in [5, 5.41) is 21.8. The smallest absolute Gasteiger partial charge is 0.251 e. The SMILES string of the molecule is O=C(NCc1ccccc1)C(O)C(O)C1CC1. The van der Waals surface area contributed by atoms with Crippen LogP contribution in [0.1, 0.15) is 18.4 Å². The molecule has 2 unspecified atom stereocenters. The molecular formula is C13H17NO3. The van der Waals surface area contributed by atoms with Gasteiger partial charge in [0.2, 0.25) is 0 Å². The molecule has 3 N–H and O–H groups in total. The third kappa shape index (κ3) is 3.28. The Morgan fingerprint density at radius 1 is 1.29 bits per heavy atom. The largest absolute Gasteiger partial charge is 0.390 e. The standard InChI is InChI=1S/C13H17NO3/c15-11(10-6-7-10)12(16)13(17)14-8-9-4-2-1-3-5-9/h1-5,10-12,15-16H,6-8H2,(H,14,17). The molecule has 2 rings (SSSR count). The average molecular weight is 235 g/mol. The first-order chi connectivity index (χ1) is 8.18. The van der Waals surface area contributed by atoms with Crippen LogP contribution < -0.4 is 5.32 Å². The van der Waals surface area contributed by atoms with Crippen LogP contribution in [-0.4, -0.2) is 28.3 Å². The molecule has 4 heteroatoms. The number of amides is 1. The van der Waals surface area contributed by atoms with E-state index >= 15 is 0 Å². The van der Waals surface area contributed by atoms with Crippen LogP contribution in [0.3, 0.4) is 0 Å². The lowest BCUT2D eigenvalue weighted by Crippen LogP contribution is -2.42. The van der Waals surface area contributed by atoms with Crippen molar-refractivity contribution in [2.75, 3.05) is 0 Å². The van der Waals surface area contributed by atoms with E-state index in [-0.39, 0.29) is 5.92 Å². The molecule has 0 saturated heterocycles. The van der Waals surface area contributed by atoms with Gasteiger partial charge in [-0.05, 0) is 24.3 Å². The number of hydrogen-bond donors (Lipinski definition) is 3. The number of rotatable bonds is 5. The van der Waals surface area contributed by atoms with Crippen LogP contribution in [-0.2, 0) is 11.3 Å². The molecule has 1 aliphatic rings. The fraction of sp³-hybridized carbons (Fsp3) is 0.462. The van der Waals surface area contributed by atoms with E-state index in [2.05, 4.69) is 5.32 Å². The zero-order valence-electron chi connectivity index (χ0n) is 9.54. The predicted octanol–water partition coefficient (Wildman–Crippen LogP) is 0.435. The molecule has 0 aliphatic heterocycles. The summed E-state index contributed by atoms with van der Waals surface area (Å²) in [7, 11) is 0. The molecule has 4 nitrogen and oxygen atoms in total. The van der Waals surface area contributed by atoms with Crippen molar-refractivity contribution in [3.8, 4) is 0 Å². The lowest BCUT2D eigenvalue weighted by atomic mass is 10.1. The first-order valence-electron chi connectivity index (χ1n) is 5.86. The number of carbonyl (C=O) groups excluding carboxylic acids is 1. The molecule has 2 atom stereocenters. The van der Waals surface area contributed by atoms with Crippen LogP contribution in [0.15, 0.2) is 30.3 Å². The summed E-state index contributed by atoms with van der Waals surface area (Å²) in [6.45, 7) is 0.369. The maximum atomic E-state index is 11.6. The maximum Gasteiger partial charge on any atom is 0.251 e. The molecule has 17 heavy (non-hydrogen) atoms. The Kier molecular flexibility index (Phi) is 3.76. The van der Waals surface area contributed by atoms with Gasteiger partial charge < -0.3 is 15.5 Å². The van der Waals surface area contributed by atoms with Gasteiger partial charge in [-0.2, -0.15) is 0 Å². The van der Waals surface area contributed by atoms with Gasteiger partial charge in [0.1, 0.15) is 0 Å². The molecule has 1 amide bonds. The van der Waals surface area contributed by atoms with Gasteiger partial charge in [0, 0.05) is 6.54 Å². The first-order valence-corrected chi connectivity index (χ1v) is 5.86. The third-order valence-electron chi connectivity index (χ3n) is 3.01. The second kappa shape index (κ2) is 5.29. The molecule has 1 aromatic carbocycles. The minimum Gasteiger partial charge on any atom is -0.390 e. The van der Waals surface area contributed by atoms with E-state index in [9.17, 15) is 15.0 Å². The topological polar surface area (TPSA) is 69.6 Å². The summed E-state index contributed by atoms with van der Waals surface area (Å²) >= 11 is 0. The Morgan fingerprint density at radius 3 is 2.53 bits per heavy atom. The normalized spacial score (nSPS) is 18.5. The maximum absolute atomic E-state index is 11.6. The molecule has 1 fully saturated rings. The summed E-state index contributed by atoms with van der Waals surface area (Å²) in [4.78, 5) is 11.6. The monoisotopic (exact) mass is 235 g/mol. The highest BCUT2D eigenvalue weighted by atomic mass is 16.3. The average Bonchev–Trinajstić information content (AvgIpc) is 3.19. The van der Waals surface area contributed by atoms with E-state index in [1.165, 1.54) is 0 Å². The molecule has 1 saturated carbocycles. The van der Waals surface area contributed by atoms with Crippen molar-refractivity contribution >= 4 is 5.91 Å². The predicted molar refractivity (Wildman–Crippen MR) is 63.0 cm³/mol. The van der Waals surface area contributed by atoms with Crippen LogP contribution in [0, 0.1) is 5.92 Å². The van der Waals surface area contributed by atoms with Gasteiger partial charge in [0.25, 0.3) is 5.91 Å². The Labute approximate surface area is 100 Å². The minimum atomic E-state index is -1.31. The van der Waals surface area contributed by atoms with Crippen molar-refractivity contribution in [2.45, 2.75) is 31.6 Å². The van der Waals surface area contributed by atoms with Gasteiger partial charge in [-0.15, -0.1) is 0 Å². The van der Waals surface area contributed by atoms with E-state index in [0.717, 1.165) is 18.4 Å². The van der Waals surface area contributed by atoms with Gasteiger partial charge in [0.05, 0.1) is 6.10 Å². The zero-order chi connectivity index (χ0) is 12.3. The van der Waals surface area contributed by atoms with Gasteiger partial charge >= 0.3 is 0 Å². The van der Waals surface area contributed by atoms with Crippen LogP contribution in [0.5, 0.6) is 0 Å². The molecule has 1 aliphatic carbocycles. The highest BCUT2D eigenvalue weighted by molar-refractivity contribution is 5.81. The summed E-state index contributed by atoms with van der Waals surface area (Å²) in [6.07, 6.45) is -0.453. The third-order valence-corrected chi connectivity index (χ3v) is 3.01. The molecule has 0 radical (unpaired) electrons. The van der Waals surface area contributed by atoms with Crippen LogP contribution >= 0.6 is 0 Å². The van der Waals surface area contributed by atoms with Crippen molar-refractivity contribution in [3.05, 3.63) is 35.9 Å². The highest BCUT2D eigenvalue weighted by Crippen LogP contribution is 2.33. The van der Waals surface area contributed by atoms with Crippen molar-refractivity contribution < 1.29 is 15.0 Å². The van der Waals surface area contributed by atoms with Gasteiger partial charge in [-0.1, -0.05) is 30.3 Å². The molecule has 0 aromatic heterocycles. The van der Waals surface area contributed by atoms with Crippen molar-refractivity contribution in [1.82, 2.24) is 5.32 Å². The van der Waals surface area contributed by atoms with Crippen LogP contribution in [0.25, 0.3) is 0 Å². The second-order valence-corrected chi connectivity index (χ2v) is 4.48. The number of aliphatic hydroxyl groups excluding tert-OH is 2. The van der Waals surface area contributed by atoms with Crippen LogP contribution in [0.2, 0.25) is 0 Å². The van der Waals surface area contributed by atoms with Gasteiger partial charge in [0.15, 0.2) is 6.10 Å². The Hall–Kier alpha value is -1.39. The molecule has 0 heterocycles. The van der Waals surface area contributed by atoms with E-state index in [4.69, 9.17) is 0 Å². The zero-order valence-corrected chi connectivity index (χ0v) is 9.54. The number of hydrogen-bond acceptors (Lipinski definition) is 3. The van der Waals surface area contributed by atoms with Gasteiger partial charge in [-0.3, -0.25) is 4.79 Å².